The van der Waals surface area contributed by atoms with E-state index in [1.54, 1.807) is 11.8 Å². The van der Waals surface area contributed by atoms with Crippen molar-refractivity contribution in [2.45, 2.75) is 17.9 Å². The van der Waals surface area contributed by atoms with Gasteiger partial charge in [0.25, 0.3) is 5.91 Å². The molecule has 0 aliphatic carbocycles. The molecule has 1 saturated heterocycles. The molecular formula is C20H23FN2O5S. The first-order valence-electron chi connectivity index (χ1n) is 9.14. The minimum absolute atomic E-state index is 0.0520. The fourth-order valence-electron chi connectivity index (χ4n) is 3.08. The number of benzene rings is 2. The molecule has 0 saturated carbocycles. The number of hydrogen-bond donors (Lipinski definition) is 1. The van der Waals surface area contributed by atoms with Crippen molar-refractivity contribution >= 4 is 15.9 Å². The molecule has 29 heavy (non-hydrogen) atoms. The third kappa shape index (κ3) is 4.92. The lowest BCUT2D eigenvalue weighted by Crippen LogP contribution is -2.40. The second-order valence-corrected chi connectivity index (χ2v) is 8.38. The Bertz CT molecular complexity index is 973. The van der Waals surface area contributed by atoms with Crippen LogP contribution in [-0.2, 0) is 14.8 Å². The number of rotatable bonds is 6. The van der Waals surface area contributed by atoms with E-state index >= 15 is 0 Å². The van der Waals surface area contributed by atoms with E-state index in [2.05, 4.69) is 4.72 Å². The standard InChI is InChI=1S/C20H23FN2O5S/c1-14(15-3-5-16(21)6-4-15)22-29(25,26)17-7-8-19(27-2)18(13-17)20(24)23-9-11-28-12-10-23/h3-8,13-14,22H,9-12H2,1-2H3/t14-/m1/s1. The Morgan fingerprint density at radius 2 is 1.83 bits per heavy atom. The van der Waals surface area contributed by atoms with Crippen molar-refractivity contribution < 1.29 is 27.1 Å². The van der Waals surface area contributed by atoms with E-state index in [0.29, 0.717) is 37.6 Å². The molecule has 0 aromatic heterocycles. The second-order valence-electron chi connectivity index (χ2n) is 6.66. The third-order valence-corrected chi connectivity index (χ3v) is 6.25. The summed E-state index contributed by atoms with van der Waals surface area (Å²) in [6.45, 7) is 3.39. The highest BCUT2D eigenvalue weighted by Gasteiger charge is 2.25. The molecule has 1 N–H and O–H groups in total. The fraction of sp³-hybridized carbons (Fsp3) is 0.350. The van der Waals surface area contributed by atoms with Crippen molar-refractivity contribution in [3.05, 3.63) is 59.4 Å². The topological polar surface area (TPSA) is 84.9 Å². The van der Waals surface area contributed by atoms with Crippen LogP contribution in [0.1, 0.15) is 28.9 Å². The summed E-state index contributed by atoms with van der Waals surface area (Å²) in [6.07, 6.45) is 0. The molecule has 1 atom stereocenters. The van der Waals surface area contributed by atoms with Gasteiger partial charge in [-0.15, -0.1) is 0 Å². The smallest absolute Gasteiger partial charge is 0.257 e. The Kier molecular flexibility index (Phi) is 6.51. The maximum atomic E-state index is 13.1. The summed E-state index contributed by atoms with van der Waals surface area (Å²) >= 11 is 0. The average molecular weight is 422 g/mol. The summed E-state index contributed by atoms with van der Waals surface area (Å²) in [7, 11) is -2.50. The van der Waals surface area contributed by atoms with Gasteiger partial charge in [0.15, 0.2) is 0 Å². The lowest BCUT2D eigenvalue weighted by atomic mass is 10.1. The minimum atomic E-state index is -3.92. The Labute approximate surface area is 169 Å². The van der Waals surface area contributed by atoms with Gasteiger partial charge in [0.05, 0.1) is 30.8 Å². The molecule has 0 unspecified atom stereocenters. The number of sulfonamides is 1. The van der Waals surface area contributed by atoms with Crippen LogP contribution in [0.4, 0.5) is 4.39 Å². The Hall–Kier alpha value is -2.49. The number of nitrogens with zero attached hydrogens (tertiary/aromatic N) is 1. The van der Waals surface area contributed by atoms with Crippen LogP contribution in [0.25, 0.3) is 0 Å². The van der Waals surface area contributed by atoms with E-state index in [-0.39, 0.29) is 16.4 Å². The summed E-state index contributed by atoms with van der Waals surface area (Å²) in [4.78, 5) is 14.4. The number of carbonyl (C=O) groups excluding carboxylic acids is 1. The zero-order chi connectivity index (χ0) is 21.0. The number of carbonyl (C=O) groups is 1. The van der Waals surface area contributed by atoms with Crippen LogP contribution in [-0.4, -0.2) is 52.6 Å². The minimum Gasteiger partial charge on any atom is -0.496 e. The molecule has 0 bridgehead atoms. The lowest BCUT2D eigenvalue weighted by molar-refractivity contribution is 0.0300. The summed E-state index contributed by atoms with van der Waals surface area (Å²) in [5, 5.41) is 0. The lowest BCUT2D eigenvalue weighted by Gasteiger charge is -2.27. The van der Waals surface area contributed by atoms with Gasteiger partial charge in [-0.25, -0.2) is 17.5 Å². The summed E-state index contributed by atoms with van der Waals surface area (Å²) in [5.41, 5.74) is 0.791. The van der Waals surface area contributed by atoms with Gasteiger partial charge in [0.2, 0.25) is 10.0 Å². The van der Waals surface area contributed by atoms with E-state index < -0.39 is 21.9 Å². The number of hydrogen-bond acceptors (Lipinski definition) is 5. The molecular weight excluding hydrogens is 399 g/mol. The monoisotopic (exact) mass is 422 g/mol. The molecule has 9 heteroatoms. The van der Waals surface area contributed by atoms with Crippen LogP contribution in [0.15, 0.2) is 47.4 Å². The number of morpholine rings is 1. The molecule has 1 aliphatic heterocycles. The number of halogens is 1. The highest BCUT2D eigenvalue weighted by molar-refractivity contribution is 7.89. The fourth-order valence-corrected chi connectivity index (χ4v) is 4.34. The van der Waals surface area contributed by atoms with Gasteiger partial charge in [-0.3, -0.25) is 4.79 Å². The van der Waals surface area contributed by atoms with Crippen molar-refractivity contribution in [1.29, 1.82) is 0 Å². The van der Waals surface area contributed by atoms with Crippen LogP contribution >= 0.6 is 0 Å². The summed E-state index contributed by atoms with van der Waals surface area (Å²) < 4.78 is 51.9. The SMILES string of the molecule is COc1ccc(S(=O)(=O)N[C@H](C)c2ccc(F)cc2)cc1C(=O)N1CCOCC1. The maximum absolute atomic E-state index is 13.1. The molecule has 1 heterocycles. The van der Waals surface area contributed by atoms with Crippen LogP contribution < -0.4 is 9.46 Å². The van der Waals surface area contributed by atoms with E-state index in [9.17, 15) is 17.6 Å². The molecule has 156 valence electrons. The van der Waals surface area contributed by atoms with Gasteiger partial charge in [-0.05, 0) is 42.8 Å². The normalized spacial score (nSPS) is 15.8. The number of amides is 1. The van der Waals surface area contributed by atoms with Crippen LogP contribution in [0.2, 0.25) is 0 Å². The number of methoxy groups -OCH3 is 1. The average Bonchev–Trinajstić information content (AvgIpc) is 2.73. The van der Waals surface area contributed by atoms with Crippen molar-refractivity contribution in [2.24, 2.45) is 0 Å². The highest BCUT2D eigenvalue weighted by atomic mass is 32.2. The Balaban J connectivity index is 1.86. The van der Waals surface area contributed by atoms with Crippen molar-refractivity contribution in [2.75, 3.05) is 33.4 Å². The molecule has 7 nitrogen and oxygen atoms in total. The van der Waals surface area contributed by atoms with Gasteiger partial charge in [0, 0.05) is 19.1 Å². The first kappa shape index (κ1) is 21.2. The second kappa shape index (κ2) is 8.89. The predicted molar refractivity (Wildman–Crippen MR) is 105 cm³/mol. The van der Waals surface area contributed by atoms with Crippen molar-refractivity contribution in [3.63, 3.8) is 0 Å². The van der Waals surface area contributed by atoms with Gasteiger partial charge < -0.3 is 14.4 Å². The first-order chi connectivity index (χ1) is 13.8. The van der Waals surface area contributed by atoms with Crippen molar-refractivity contribution in [1.82, 2.24) is 9.62 Å². The summed E-state index contributed by atoms with van der Waals surface area (Å²) in [6, 6.07) is 9.16. The number of ether oxygens (including phenoxy) is 2. The zero-order valence-electron chi connectivity index (χ0n) is 16.2. The van der Waals surface area contributed by atoms with Gasteiger partial charge in [0.1, 0.15) is 11.6 Å². The molecule has 2 aromatic carbocycles. The molecule has 0 spiro atoms. The number of nitrogens with one attached hydrogen (secondary N) is 1. The molecule has 1 fully saturated rings. The largest absolute Gasteiger partial charge is 0.496 e. The van der Waals surface area contributed by atoms with E-state index in [4.69, 9.17) is 9.47 Å². The zero-order valence-corrected chi connectivity index (χ0v) is 17.0. The van der Waals surface area contributed by atoms with Crippen LogP contribution in [0.3, 0.4) is 0 Å². The van der Waals surface area contributed by atoms with Gasteiger partial charge in [-0.1, -0.05) is 12.1 Å². The molecule has 3 rings (SSSR count). The van der Waals surface area contributed by atoms with Crippen LogP contribution in [0.5, 0.6) is 5.75 Å². The highest BCUT2D eigenvalue weighted by Crippen LogP contribution is 2.25. The molecule has 1 amide bonds. The first-order valence-corrected chi connectivity index (χ1v) is 10.6. The van der Waals surface area contributed by atoms with E-state index in [1.165, 1.54) is 49.6 Å². The molecule has 2 aromatic rings. The Morgan fingerprint density at radius 1 is 1.17 bits per heavy atom. The third-order valence-electron chi connectivity index (χ3n) is 4.71. The summed E-state index contributed by atoms with van der Waals surface area (Å²) in [5.74, 6) is -0.411. The predicted octanol–water partition coefficient (Wildman–Crippen LogP) is 2.35. The van der Waals surface area contributed by atoms with Crippen molar-refractivity contribution in [3.8, 4) is 5.75 Å². The molecule has 0 radical (unpaired) electrons. The van der Waals surface area contributed by atoms with E-state index in [0.717, 1.165) is 0 Å². The van der Waals surface area contributed by atoms with Crippen LogP contribution in [0, 0.1) is 5.82 Å². The van der Waals surface area contributed by atoms with Gasteiger partial charge in [-0.2, -0.15) is 0 Å². The molecule has 1 aliphatic rings. The maximum Gasteiger partial charge on any atom is 0.257 e. The Morgan fingerprint density at radius 3 is 2.45 bits per heavy atom. The van der Waals surface area contributed by atoms with E-state index in [1.807, 2.05) is 0 Å². The quantitative estimate of drug-likeness (QED) is 0.773. The van der Waals surface area contributed by atoms with Gasteiger partial charge >= 0.3 is 0 Å².